The molecule has 0 saturated carbocycles. The molecule has 1 aromatic rings. The van der Waals surface area contributed by atoms with E-state index >= 15 is 0 Å². The average Bonchev–Trinajstić information content (AvgIpc) is 2.20. The van der Waals surface area contributed by atoms with Gasteiger partial charge in [-0.15, -0.1) is 0 Å². The first-order valence-corrected chi connectivity index (χ1v) is 4.93. The van der Waals surface area contributed by atoms with Crippen molar-refractivity contribution in [3.63, 3.8) is 0 Å². The number of halogens is 1. The Bertz CT molecular complexity index is 317. The topological polar surface area (TPSA) is 44.5 Å². The summed E-state index contributed by atoms with van der Waals surface area (Å²) in [7, 11) is 0. The molecule has 15 heavy (non-hydrogen) atoms. The van der Waals surface area contributed by atoms with Crippen molar-refractivity contribution in [3.8, 4) is 5.75 Å². The van der Waals surface area contributed by atoms with E-state index in [0.717, 1.165) is 0 Å². The molecule has 0 bridgehead atoms. The standard InChI is InChI=1S/C11H16FNO2/c1-3-14-7-8(2)15-11-6-9(12)4-5-10(11)13/h4-6,8H,3,7,13H2,1-2H3. The molecule has 0 amide bonds. The van der Waals surface area contributed by atoms with Crippen molar-refractivity contribution in [1.29, 1.82) is 0 Å². The van der Waals surface area contributed by atoms with Crippen molar-refractivity contribution in [3.05, 3.63) is 24.0 Å². The Hall–Kier alpha value is -1.29. The second-order valence-corrected chi connectivity index (χ2v) is 3.27. The Morgan fingerprint density at radius 2 is 2.20 bits per heavy atom. The fourth-order valence-electron chi connectivity index (χ4n) is 1.14. The lowest BCUT2D eigenvalue weighted by Gasteiger charge is -2.15. The zero-order valence-electron chi connectivity index (χ0n) is 9.00. The molecule has 0 heterocycles. The molecule has 0 aliphatic rings. The maximum absolute atomic E-state index is 12.9. The highest BCUT2D eigenvalue weighted by atomic mass is 19.1. The zero-order valence-corrected chi connectivity index (χ0v) is 9.00. The van der Waals surface area contributed by atoms with Gasteiger partial charge in [-0.1, -0.05) is 0 Å². The van der Waals surface area contributed by atoms with Crippen LogP contribution in [0.25, 0.3) is 0 Å². The Morgan fingerprint density at radius 3 is 2.87 bits per heavy atom. The SMILES string of the molecule is CCOCC(C)Oc1cc(F)ccc1N. The van der Waals surface area contributed by atoms with Crippen molar-refractivity contribution in [1.82, 2.24) is 0 Å². The minimum atomic E-state index is -0.359. The highest BCUT2D eigenvalue weighted by Gasteiger charge is 2.07. The van der Waals surface area contributed by atoms with E-state index in [-0.39, 0.29) is 11.9 Å². The van der Waals surface area contributed by atoms with Crippen molar-refractivity contribution in [2.24, 2.45) is 0 Å². The van der Waals surface area contributed by atoms with Gasteiger partial charge in [0.2, 0.25) is 0 Å². The quantitative estimate of drug-likeness (QED) is 0.763. The van der Waals surface area contributed by atoms with Gasteiger partial charge in [0.25, 0.3) is 0 Å². The molecule has 3 nitrogen and oxygen atoms in total. The lowest BCUT2D eigenvalue weighted by molar-refractivity contribution is 0.0659. The van der Waals surface area contributed by atoms with E-state index in [1.54, 1.807) is 0 Å². The van der Waals surface area contributed by atoms with E-state index in [0.29, 0.717) is 24.7 Å². The number of hydrogen-bond acceptors (Lipinski definition) is 3. The molecule has 2 N–H and O–H groups in total. The fourth-order valence-corrected chi connectivity index (χ4v) is 1.14. The van der Waals surface area contributed by atoms with Crippen LogP contribution in [0.4, 0.5) is 10.1 Å². The lowest BCUT2D eigenvalue weighted by Crippen LogP contribution is -2.19. The molecule has 0 saturated heterocycles. The van der Waals surface area contributed by atoms with Crippen LogP contribution < -0.4 is 10.5 Å². The summed E-state index contributed by atoms with van der Waals surface area (Å²) in [6.07, 6.45) is -0.144. The predicted molar refractivity (Wildman–Crippen MR) is 57.4 cm³/mol. The van der Waals surface area contributed by atoms with Crippen molar-refractivity contribution < 1.29 is 13.9 Å². The third kappa shape index (κ3) is 3.75. The fraction of sp³-hybridized carbons (Fsp3) is 0.455. The summed E-state index contributed by atoms with van der Waals surface area (Å²) in [4.78, 5) is 0. The maximum atomic E-state index is 12.9. The molecule has 1 rings (SSSR count). The van der Waals surface area contributed by atoms with E-state index in [4.69, 9.17) is 15.2 Å². The smallest absolute Gasteiger partial charge is 0.145 e. The molecule has 0 spiro atoms. The Kier molecular flexibility index (Phi) is 4.37. The van der Waals surface area contributed by atoms with E-state index in [1.807, 2.05) is 13.8 Å². The zero-order chi connectivity index (χ0) is 11.3. The molecular weight excluding hydrogens is 197 g/mol. The molecule has 0 aliphatic carbocycles. The molecule has 0 radical (unpaired) electrons. The first-order valence-electron chi connectivity index (χ1n) is 4.93. The van der Waals surface area contributed by atoms with E-state index < -0.39 is 0 Å². The Balaban J connectivity index is 2.59. The van der Waals surface area contributed by atoms with Gasteiger partial charge in [-0.25, -0.2) is 4.39 Å². The molecule has 0 aromatic heterocycles. The van der Waals surface area contributed by atoms with Gasteiger partial charge in [0, 0.05) is 12.7 Å². The monoisotopic (exact) mass is 213 g/mol. The second-order valence-electron chi connectivity index (χ2n) is 3.27. The lowest BCUT2D eigenvalue weighted by atomic mass is 10.3. The van der Waals surface area contributed by atoms with Gasteiger partial charge in [0.15, 0.2) is 0 Å². The van der Waals surface area contributed by atoms with Crippen molar-refractivity contribution >= 4 is 5.69 Å². The van der Waals surface area contributed by atoms with Gasteiger partial charge in [-0.05, 0) is 26.0 Å². The van der Waals surface area contributed by atoms with Crippen LogP contribution in [0.5, 0.6) is 5.75 Å². The van der Waals surface area contributed by atoms with Gasteiger partial charge in [-0.3, -0.25) is 0 Å². The minimum Gasteiger partial charge on any atom is -0.486 e. The van der Waals surface area contributed by atoms with Gasteiger partial charge >= 0.3 is 0 Å². The number of nitrogens with two attached hydrogens (primary N) is 1. The number of ether oxygens (including phenoxy) is 2. The number of anilines is 1. The van der Waals surface area contributed by atoms with Crippen molar-refractivity contribution in [2.75, 3.05) is 18.9 Å². The summed E-state index contributed by atoms with van der Waals surface area (Å²) in [5.74, 6) is 0.00464. The number of nitrogen functional groups attached to an aromatic ring is 1. The molecule has 0 fully saturated rings. The first kappa shape index (κ1) is 11.8. The summed E-state index contributed by atoms with van der Waals surface area (Å²) in [6, 6.07) is 4.06. The molecule has 84 valence electrons. The van der Waals surface area contributed by atoms with Crippen LogP contribution >= 0.6 is 0 Å². The minimum absolute atomic E-state index is 0.144. The van der Waals surface area contributed by atoms with Crippen LogP contribution in [0, 0.1) is 5.82 Å². The number of hydrogen-bond donors (Lipinski definition) is 1. The Labute approximate surface area is 89.0 Å². The molecule has 0 aliphatic heterocycles. The molecule has 1 atom stereocenters. The predicted octanol–water partition coefficient (Wildman–Crippen LogP) is 2.21. The third-order valence-corrected chi connectivity index (χ3v) is 1.86. The van der Waals surface area contributed by atoms with Crippen LogP contribution in [-0.2, 0) is 4.74 Å². The number of rotatable bonds is 5. The van der Waals surface area contributed by atoms with Crippen molar-refractivity contribution in [2.45, 2.75) is 20.0 Å². The first-order chi connectivity index (χ1) is 7.13. The largest absolute Gasteiger partial charge is 0.486 e. The third-order valence-electron chi connectivity index (χ3n) is 1.86. The van der Waals surface area contributed by atoms with Gasteiger partial charge in [-0.2, -0.15) is 0 Å². The van der Waals surface area contributed by atoms with Gasteiger partial charge in [0.05, 0.1) is 12.3 Å². The van der Waals surface area contributed by atoms with E-state index in [2.05, 4.69) is 0 Å². The molecule has 1 aromatic carbocycles. The number of benzene rings is 1. The highest BCUT2D eigenvalue weighted by Crippen LogP contribution is 2.23. The van der Waals surface area contributed by atoms with Crippen LogP contribution in [-0.4, -0.2) is 19.3 Å². The summed E-state index contributed by atoms with van der Waals surface area (Å²) in [5, 5.41) is 0. The normalized spacial score (nSPS) is 12.5. The summed E-state index contributed by atoms with van der Waals surface area (Å²) >= 11 is 0. The molecular formula is C11H16FNO2. The van der Waals surface area contributed by atoms with Crippen LogP contribution in [0.3, 0.4) is 0 Å². The van der Waals surface area contributed by atoms with E-state index in [9.17, 15) is 4.39 Å². The highest BCUT2D eigenvalue weighted by molar-refractivity contribution is 5.52. The summed E-state index contributed by atoms with van der Waals surface area (Å²) in [6.45, 7) is 4.85. The maximum Gasteiger partial charge on any atom is 0.145 e. The van der Waals surface area contributed by atoms with Crippen LogP contribution in [0.15, 0.2) is 18.2 Å². The van der Waals surface area contributed by atoms with Crippen LogP contribution in [0.1, 0.15) is 13.8 Å². The van der Waals surface area contributed by atoms with E-state index in [1.165, 1.54) is 18.2 Å². The Morgan fingerprint density at radius 1 is 1.47 bits per heavy atom. The molecule has 4 heteroatoms. The van der Waals surface area contributed by atoms with Gasteiger partial charge < -0.3 is 15.2 Å². The second kappa shape index (κ2) is 5.56. The van der Waals surface area contributed by atoms with Gasteiger partial charge in [0.1, 0.15) is 17.7 Å². The summed E-state index contributed by atoms with van der Waals surface area (Å²) < 4.78 is 23.5. The average molecular weight is 213 g/mol. The molecule has 1 unspecified atom stereocenters. The van der Waals surface area contributed by atoms with Crippen LogP contribution in [0.2, 0.25) is 0 Å². The summed E-state index contributed by atoms with van der Waals surface area (Å²) in [5.41, 5.74) is 6.06.